The van der Waals surface area contributed by atoms with Gasteiger partial charge in [-0.3, -0.25) is 9.59 Å². The van der Waals surface area contributed by atoms with Crippen LogP contribution in [0.3, 0.4) is 0 Å². The zero-order valence-electron chi connectivity index (χ0n) is 14.7. The molecule has 3 rings (SSSR count). The van der Waals surface area contributed by atoms with Gasteiger partial charge in [0.2, 0.25) is 5.91 Å². The fourth-order valence-electron chi connectivity index (χ4n) is 2.93. The topological polar surface area (TPSA) is 74.3 Å². The number of carbonyl (C=O) groups excluding carboxylic acids is 2. The first kappa shape index (κ1) is 18.4. The van der Waals surface area contributed by atoms with Crippen LogP contribution in [0.25, 0.3) is 0 Å². The number of pyridine rings is 1. The number of nitrogens with zero attached hydrogens (tertiary/aromatic N) is 2. The Balaban J connectivity index is 1.35. The number of nitrogens with one attached hydrogen (secondary N) is 2. The van der Waals surface area contributed by atoms with E-state index in [1.54, 1.807) is 12.3 Å². The number of hydrogen-bond donors (Lipinski definition) is 2. The van der Waals surface area contributed by atoms with E-state index in [0.29, 0.717) is 31.5 Å². The molecule has 0 spiro atoms. The molecule has 2 aromatic heterocycles. The number of hydrogen-bond acceptors (Lipinski definition) is 5. The van der Waals surface area contributed by atoms with Crippen molar-refractivity contribution in [2.45, 2.75) is 32.2 Å². The molecule has 0 atom stereocenters. The molecule has 26 heavy (non-hydrogen) atoms. The van der Waals surface area contributed by atoms with Crippen molar-refractivity contribution < 1.29 is 9.59 Å². The van der Waals surface area contributed by atoms with E-state index in [1.165, 1.54) is 24.2 Å². The van der Waals surface area contributed by atoms with Gasteiger partial charge in [-0.2, -0.15) is 11.3 Å². The van der Waals surface area contributed by atoms with Gasteiger partial charge in [-0.15, -0.1) is 0 Å². The van der Waals surface area contributed by atoms with E-state index in [4.69, 9.17) is 0 Å². The Hall–Kier alpha value is -2.41. The molecule has 3 heterocycles. The summed E-state index contributed by atoms with van der Waals surface area (Å²) in [6.07, 6.45) is 5.25. The van der Waals surface area contributed by atoms with E-state index in [0.717, 1.165) is 24.5 Å². The highest BCUT2D eigenvalue weighted by atomic mass is 32.1. The molecular formula is C19H24N4O2S. The molecule has 0 aliphatic carbocycles. The summed E-state index contributed by atoms with van der Waals surface area (Å²) in [6.45, 7) is 3.11. The summed E-state index contributed by atoms with van der Waals surface area (Å²) in [7, 11) is 0. The van der Waals surface area contributed by atoms with Gasteiger partial charge >= 0.3 is 0 Å². The molecule has 6 nitrogen and oxygen atoms in total. The number of amides is 2. The Labute approximate surface area is 157 Å². The summed E-state index contributed by atoms with van der Waals surface area (Å²) in [4.78, 5) is 30.5. The molecule has 1 fully saturated rings. The SMILES string of the molecule is O=C(CCCNC(=O)c1ccsc1)NCc1ccnc(N2CCCC2)c1. The number of anilines is 1. The lowest BCUT2D eigenvalue weighted by Gasteiger charge is -2.17. The Bertz CT molecular complexity index is 727. The second kappa shape index (κ2) is 9.33. The van der Waals surface area contributed by atoms with Crippen LogP contribution in [-0.4, -0.2) is 36.4 Å². The molecule has 1 aliphatic rings. The normalized spacial score (nSPS) is 13.6. The quantitative estimate of drug-likeness (QED) is 0.699. The summed E-state index contributed by atoms with van der Waals surface area (Å²) in [6, 6.07) is 5.77. The molecule has 0 radical (unpaired) electrons. The molecule has 1 saturated heterocycles. The Morgan fingerprint density at radius 1 is 1.19 bits per heavy atom. The number of aromatic nitrogens is 1. The third-order valence-corrected chi connectivity index (χ3v) is 5.06. The number of rotatable bonds is 8. The molecule has 138 valence electrons. The van der Waals surface area contributed by atoms with Crippen molar-refractivity contribution in [1.82, 2.24) is 15.6 Å². The van der Waals surface area contributed by atoms with Crippen molar-refractivity contribution in [2.75, 3.05) is 24.5 Å². The summed E-state index contributed by atoms with van der Waals surface area (Å²) in [5.41, 5.74) is 1.73. The lowest BCUT2D eigenvalue weighted by Crippen LogP contribution is -2.27. The highest BCUT2D eigenvalue weighted by Gasteiger charge is 2.13. The fraction of sp³-hybridized carbons (Fsp3) is 0.421. The van der Waals surface area contributed by atoms with Crippen LogP contribution >= 0.6 is 11.3 Å². The smallest absolute Gasteiger partial charge is 0.252 e. The molecule has 2 N–H and O–H groups in total. The first-order chi connectivity index (χ1) is 12.7. The lowest BCUT2D eigenvalue weighted by atomic mass is 10.2. The average molecular weight is 372 g/mol. The molecule has 7 heteroatoms. The van der Waals surface area contributed by atoms with Crippen LogP contribution in [-0.2, 0) is 11.3 Å². The average Bonchev–Trinajstić information content (AvgIpc) is 3.37. The Morgan fingerprint density at radius 2 is 2.04 bits per heavy atom. The summed E-state index contributed by atoms with van der Waals surface area (Å²) < 4.78 is 0. The van der Waals surface area contributed by atoms with Crippen LogP contribution < -0.4 is 15.5 Å². The van der Waals surface area contributed by atoms with Gasteiger partial charge < -0.3 is 15.5 Å². The van der Waals surface area contributed by atoms with E-state index in [2.05, 4.69) is 20.5 Å². The van der Waals surface area contributed by atoms with E-state index in [1.807, 2.05) is 22.9 Å². The molecular weight excluding hydrogens is 348 g/mol. The molecule has 0 aromatic carbocycles. The van der Waals surface area contributed by atoms with Crippen molar-refractivity contribution in [3.63, 3.8) is 0 Å². The van der Waals surface area contributed by atoms with Crippen LogP contribution in [0.2, 0.25) is 0 Å². The summed E-state index contributed by atoms with van der Waals surface area (Å²) >= 11 is 1.49. The van der Waals surface area contributed by atoms with Crippen molar-refractivity contribution in [1.29, 1.82) is 0 Å². The van der Waals surface area contributed by atoms with Gasteiger partial charge in [-0.25, -0.2) is 4.98 Å². The van der Waals surface area contributed by atoms with Crippen LogP contribution in [0, 0.1) is 0 Å². The first-order valence-corrected chi connectivity index (χ1v) is 9.93. The second-order valence-electron chi connectivity index (χ2n) is 6.36. The van der Waals surface area contributed by atoms with Crippen molar-refractivity contribution in [3.05, 3.63) is 46.3 Å². The predicted octanol–water partition coefficient (Wildman–Crippen LogP) is 2.57. The minimum absolute atomic E-state index is 0.00526. The highest BCUT2D eigenvalue weighted by Crippen LogP contribution is 2.18. The first-order valence-electron chi connectivity index (χ1n) is 8.99. The molecule has 2 aromatic rings. The van der Waals surface area contributed by atoms with E-state index in [-0.39, 0.29) is 11.8 Å². The van der Waals surface area contributed by atoms with Crippen LogP contribution in [0.4, 0.5) is 5.82 Å². The second-order valence-corrected chi connectivity index (χ2v) is 7.14. The van der Waals surface area contributed by atoms with Gasteiger partial charge in [0, 0.05) is 49.7 Å². The maximum absolute atomic E-state index is 12.0. The summed E-state index contributed by atoms with van der Waals surface area (Å²) in [5, 5.41) is 9.45. The van der Waals surface area contributed by atoms with Crippen LogP contribution in [0.5, 0.6) is 0 Å². The van der Waals surface area contributed by atoms with Crippen molar-refractivity contribution in [2.24, 2.45) is 0 Å². The lowest BCUT2D eigenvalue weighted by molar-refractivity contribution is -0.121. The van der Waals surface area contributed by atoms with E-state index in [9.17, 15) is 9.59 Å². The van der Waals surface area contributed by atoms with Gasteiger partial charge in [0.05, 0.1) is 0 Å². The molecule has 2 amide bonds. The van der Waals surface area contributed by atoms with Gasteiger partial charge in [-0.05, 0) is 48.4 Å². The molecule has 1 aliphatic heterocycles. The molecule has 0 saturated carbocycles. The minimum atomic E-state index is -0.0853. The highest BCUT2D eigenvalue weighted by molar-refractivity contribution is 7.08. The number of carbonyl (C=O) groups is 2. The van der Waals surface area contributed by atoms with Gasteiger partial charge in [0.1, 0.15) is 5.82 Å². The van der Waals surface area contributed by atoms with Gasteiger partial charge in [0.15, 0.2) is 0 Å². The minimum Gasteiger partial charge on any atom is -0.357 e. The zero-order chi connectivity index (χ0) is 18.2. The molecule has 0 bridgehead atoms. The predicted molar refractivity (Wildman–Crippen MR) is 103 cm³/mol. The standard InChI is InChI=1S/C19H24N4O2S/c24-18(4-3-7-21-19(25)16-6-11-26-14-16)22-13-15-5-8-20-17(12-15)23-9-1-2-10-23/h5-6,8,11-12,14H,1-4,7,9-10,13H2,(H,21,25)(H,22,24). The maximum Gasteiger partial charge on any atom is 0.252 e. The summed E-state index contributed by atoms with van der Waals surface area (Å²) in [5.74, 6) is 0.901. The Morgan fingerprint density at radius 3 is 2.81 bits per heavy atom. The number of thiophene rings is 1. The van der Waals surface area contributed by atoms with Crippen molar-refractivity contribution >= 4 is 29.0 Å². The molecule has 0 unspecified atom stereocenters. The van der Waals surface area contributed by atoms with E-state index < -0.39 is 0 Å². The van der Waals surface area contributed by atoms with Crippen LogP contribution in [0.1, 0.15) is 41.6 Å². The maximum atomic E-state index is 12.0. The van der Waals surface area contributed by atoms with Gasteiger partial charge in [0.25, 0.3) is 5.91 Å². The largest absolute Gasteiger partial charge is 0.357 e. The third-order valence-electron chi connectivity index (χ3n) is 4.38. The Kier molecular flexibility index (Phi) is 6.60. The monoisotopic (exact) mass is 372 g/mol. The zero-order valence-corrected chi connectivity index (χ0v) is 15.6. The fourth-order valence-corrected chi connectivity index (χ4v) is 3.56. The third kappa shape index (κ3) is 5.29. The van der Waals surface area contributed by atoms with Crippen LogP contribution in [0.15, 0.2) is 35.2 Å². The van der Waals surface area contributed by atoms with Gasteiger partial charge in [-0.1, -0.05) is 0 Å². The van der Waals surface area contributed by atoms with Crippen molar-refractivity contribution in [3.8, 4) is 0 Å². The van der Waals surface area contributed by atoms with E-state index >= 15 is 0 Å².